The number of hydrogen-bond acceptors (Lipinski definition) is 4. The molecule has 2 N–H and O–H groups in total. The Morgan fingerprint density at radius 2 is 1.56 bits per heavy atom. The lowest BCUT2D eigenvalue weighted by molar-refractivity contribution is 0.102. The van der Waals surface area contributed by atoms with Gasteiger partial charge in [0.15, 0.2) is 5.82 Å². The summed E-state index contributed by atoms with van der Waals surface area (Å²) < 4.78 is 1.73. The predicted octanol–water partition coefficient (Wildman–Crippen LogP) is 4.89. The van der Waals surface area contributed by atoms with Gasteiger partial charge in [-0.1, -0.05) is 48.5 Å². The predicted molar refractivity (Wildman–Crippen MR) is 124 cm³/mol. The quantitative estimate of drug-likeness (QED) is 0.424. The van der Waals surface area contributed by atoms with Crippen LogP contribution < -0.4 is 5.32 Å². The summed E-state index contributed by atoms with van der Waals surface area (Å²) in [6.45, 7) is 1.85. The van der Waals surface area contributed by atoms with Gasteiger partial charge in [-0.05, 0) is 43.3 Å². The molecule has 2 aromatic heterocycles. The number of nitrogens with zero attached hydrogens (tertiary/aromatic N) is 4. The van der Waals surface area contributed by atoms with Crippen LogP contribution in [0.4, 0.5) is 5.69 Å². The van der Waals surface area contributed by atoms with Crippen LogP contribution in [-0.2, 0) is 0 Å². The van der Waals surface area contributed by atoms with Gasteiger partial charge in [-0.3, -0.25) is 9.89 Å². The second-order valence-electron chi connectivity index (χ2n) is 7.31. The fourth-order valence-electron chi connectivity index (χ4n) is 3.44. The number of nitrogens with one attached hydrogen (secondary N) is 2. The molecule has 2 heterocycles. The monoisotopic (exact) mass is 420 g/mol. The molecule has 0 radical (unpaired) electrons. The Bertz CT molecular complexity index is 1350. The molecule has 5 aromatic rings. The molecular weight excluding hydrogens is 400 g/mol. The van der Waals surface area contributed by atoms with E-state index in [0.717, 1.165) is 22.6 Å². The molecule has 0 saturated carbocycles. The van der Waals surface area contributed by atoms with Gasteiger partial charge < -0.3 is 5.32 Å². The minimum atomic E-state index is -0.229. The van der Waals surface area contributed by atoms with Crippen molar-refractivity contribution in [1.29, 1.82) is 0 Å². The Balaban J connectivity index is 1.45. The van der Waals surface area contributed by atoms with Crippen LogP contribution in [0.2, 0.25) is 0 Å². The zero-order valence-corrected chi connectivity index (χ0v) is 17.4. The van der Waals surface area contributed by atoms with Gasteiger partial charge in [-0.25, -0.2) is 9.67 Å². The van der Waals surface area contributed by atoms with Crippen LogP contribution in [-0.4, -0.2) is 30.9 Å². The second kappa shape index (κ2) is 8.31. The fraction of sp³-hybridized carbons (Fsp3) is 0.0400. The van der Waals surface area contributed by atoms with Gasteiger partial charge in [0, 0.05) is 23.0 Å². The third-order valence-corrected chi connectivity index (χ3v) is 5.03. The summed E-state index contributed by atoms with van der Waals surface area (Å²) in [5.41, 5.74) is 4.43. The van der Waals surface area contributed by atoms with Crippen LogP contribution in [0.3, 0.4) is 0 Å². The van der Waals surface area contributed by atoms with Crippen LogP contribution in [0.25, 0.3) is 28.3 Å². The molecular formula is C25H20N6O. The molecule has 1 amide bonds. The first-order valence-corrected chi connectivity index (χ1v) is 10.2. The molecule has 5 rings (SSSR count). The van der Waals surface area contributed by atoms with Crippen molar-refractivity contribution in [3.63, 3.8) is 0 Å². The molecule has 3 aromatic carbocycles. The summed E-state index contributed by atoms with van der Waals surface area (Å²) in [6, 6.07) is 26.9. The maximum atomic E-state index is 13.2. The normalized spacial score (nSPS) is 10.8. The maximum absolute atomic E-state index is 13.2. The molecule has 0 aliphatic heterocycles. The van der Waals surface area contributed by atoms with Crippen molar-refractivity contribution in [2.24, 2.45) is 0 Å². The van der Waals surface area contributed by atoms with Crippen molar-refractivity contribution in [2.45, 2.75) is 6.92 Å². The van der Waals surface area contributed by atoms with E-state index in [-0.39, 0.29) is 5.91 Å². The third-order valence-electron chi connectivity index (χ3n) is 5.03. The minimum Gasteiger partial charge on any atom is -0.322 e. The van der Waals surface area contributed by atoms with Crippen LogP contribution in [0.5, 0.6) is 0 Å². The minimum absolute atomic E-state index is 0.229. The molecule has 0 fully saturated rings. The first kappa shape index (κ1) is 19.4. The molecule has 0 bridgehead atoms. The van der Waals surface area contributed by atoms with E-state index in [1.54, 1.807) is 10.9 Å². The molecule has 156 valence electrons. The van der Waals surface area contributed by atoms with Crippen molar-refractivity contribution in [3.8, 4) is 28.3 Å². The SMILES string of the molecule is Cc1nc(-c2ccc(NC(=O)c3cn(-c4ccccc4)nc3-c3ccccc3)cc2)n[nH]1. The standard InChI is InChI=1S/C25H20N6O/c1-17-26-24(29-28-17)19-12-14-20(15-13-19)27-25(32)22-16-31(21-10-6-3-7-11-21)30-23(22)18-8-4-2-5-9-18/h2-16H,1H3,(H,27,32)(H,26,28,29). The summed E-state index contributed by atoms with van der Waals surface area (Å²) in [6.07, 6.45) is 1.76. The Hall–Kier alpha value is -4.52. The zero-order chi connectivity index (χ0) is 21.9. The topological polar surface area (TPSA) is 88.5 Å². The van der Waals surface area contributed by atoms with E-state index in [1.165, 1.54) is 0 Å². The third kappa shape index (κ3) is 3.91. The Kier molecular flexibility index (Phi) is 5.05. The highest BCUT2D eigenvalue weighted by atomic mass is 16.1. The number of benzene rings is 3. The van der Waals surface area contributed by atoms with E-state index < -0.39 is 0 Å². The Morgan fingerprint density at radius 1 is 0.875 bits per heavy atom. The number of hydrogen-bond donors (Lipinski definition) is 2. The van der Waals surface area contributed by atoms with Crippen LogP contribution in [0.1, 0.15) is 16.2 Å². The molecule has 32 heavy (non-hydrogen) atoms. The van der Waals surface area contributed by atoms with Crippen molar-refractivity contribution in [3.05, 3.63) is 103 Å². The number of aryl methyl sites for hydroxylation is 1. The number of para-hydroxylation sites is 1. The number of aromatic nitrogens is 5. The number of carbonyl (C=O) groups excluding carboxylic acids is 1. The molecule has 7 heteroatoms. The molecule has 0 atom stereocenters. The van der Waals surface area contributed by atoms with Crippen molar-refractivity contribution < 1.29 is 4.79 Å². The van der Waals surface area contributed by atoms with E-state index in [1.807, 2.05) is 91.9 Å². The number of anilines is 1. The average molecular weight is 420 g/mol. The number of carbonyl (C=O) groups is 1. The van der Waals surface area contributed by atoms with Gasteiger partial charge in [-0.15, -0.1) is 0 Å². The van der Waals surface area contributed by atoms with Crippen LogP contribution in [0.15, 0.2) is 91.1 Å². The highest BCUT2D eigenvalue weighted by Crippen LogP contribution is 2.25. The van der Waals surface area contributed by atoms with Crippen molar-refractivity contribution >= 4 is 11.6 Å². The highest BCUT2D eigenvalue weighted by molar-refractivity contribution is 6.08. The lowest BCUT2D eigenvalue weighted by Crippen LogP contribution is -2.12. The fourth-order valence-corrected chi connectivity index (χ4v) is 3.44. The van der Waals surface area contributed by atoms with Gasteiger partial charge in [-0.2, -0.15) is 10.2 Å². The van der Waals surface area contributed by atoms with Crippen LogP contribution >= 0.6 is 0 Å². The highest BCUT2D eigenvalue weighted by Gasteiger charge is 2.19. The van der Waals surface area contributed by atoms with E-state index in [2.05, 4.69) is 20.5 Å². The summed E-state index contributed by atoms with van der Waals surface area (Å²) in [5.74, 6) is 1.14. The van der Waals surface area contributed by atoms with Gasteiger partial charge >= 0.3 is 0 Å². The molecule has 0 saturated heterocycles. The van der Waals surface area contributed by atoms with E-state index in [0.29, 0.717) is 22.8 Å². The first-order valence-electron chi connectivity index (χ1n) is 10.2. The van der Waals surface area contributed by atoms with Gasteiger partial charge in [0.05, 0.1) is 11.3 Å². The van der Waals surface area contributed by atoms with E-state index in [9.17, 15) is 4.79 Å². The average Bonchev–Trinajstić information content (AvgIpc) is 3.48. The summed E-state index contributed by atoms with van der Waals surface area (Å²) in [5, 5.41) is 14.7. The number of H-pyrrole nitrogens is 1. The first-order chi connectivity index (χ1) is 15.7. The smallest absolute Gasteiger partial charge is 0.259 e. The van der Waals surface area contributed by atoms with Crippen molar-refractivity contribution in [1.82, 2.24) is 25.0 Å². The van der Waals surface area contributed by atoms with E-state index in [4.69, 9.17) is 5.10 Å². The Morgan fingerprint density at radius 3 is 2.22 bits per heavy atom. The lowest BCUT2D eigenvalue weighted by Gasteiger charge is -2.06. The zero-order valence-electron chi connectivity index (χ0n) is 17.4. The van der Waals surface area contributed by atoms with Gasteiger partial charge in [0.25, 0.3) is 5.91 Å². The Labute approximate surface area is 184 Å². The summed E-state index contributed by atoms with van der Waals surface area (Å²) in [7, 11) is 0. The largest absolute Gasteiger partial charge is 0.322 e. The maximum Gasteiger partial charge on any atom is 0.259 e. The molecule has 0 spiro atoms. The number of amides is 1. The summed E-state index contributed by atoms with van der Waals surface area (Å²) >= 11 is 0. The van der Waals surface area contributed by atoms with Gasteiger partial charge in [0.1, 0.15) is 11.5 Å². The van der Waals surface area contributed by atoms with Crippen LogP contribution in [0, 0.1) is 6.92 Å². The number of aromatic amines is 1. The van der Waals surface area contributed by atoms with Crippen molar-refractivity contribution in [2.75, 3.05) is 5.32 Å². The molecule has 7 nitrogen and oxygen atoms in total. The molecule has 0 unspecified atom stereocenters. The summed E-state index contributed by atoms with van der Waals surface area (Å²) in [4.78, 5) is 17.5. The lowest BCUT2D eigenvalue weighted by atomic mass is 10.1. The second-order valence-corrected chi connectivity index (χ2v) is 7.31. The van der Waals surface area contributed by atoms with E-state index >= 15 is 0 Å². The number of rotatable bonds is 5. The van der Waals surface area contributed by atoms with Gasteiger partial charge in [0.2, 0.25) is 0 Å². The molecule has 0 aliphatic rings. The molecule has 0 aliphatic carbocycles.